The third kappa shape index (κ3) is 3.50. The molecule has 0 aliphatic carbocycles. The number of anilines is 1. The minimum Gasteiger partial charge on any atom is -0.338 e. The number of thioether (sulfide) groups is 1. The van der Waals surface area contributed by atoms with Crippen molar-refractivity contribution in [3.8, 4) is 0 Å². The summed E-state index contributed by atoms with van der Waals surface area (Å²) in [6.45, 7) is 6.06. The lowest BCUT2D eigenvalue weighted by Crippen LogP contribution is -2.15. The van der Waals surface area contributed by atoms with Gasteiger partial charge in [-0.25, -0.2) is 4.98 Å². The van der Waals surface area contributed by atoms with E-state index in [-0.39, 0.29) is 11.7 Å². The molecule has 7 heteroatoms. The first kappa shape index (κ1) is 17.5. The topological polar surface area (TPSA) is 83.6 Å². The smallest absolute Gasteiger partial charge is 0.234 e. The van der Waals surface area contributed by atoms with Crippen molar-refractivity contribution in [2.24, 2.45) is 0 Å². The molecule has 0 bridgehead atoms. The summed E-state index contributed by atoms with van der Waals surface area (Å²) >= 11 is 1.27. The standard InChI is InChI=1S/C20H19N5OS/c1-11-7-8-16-14(9-11)18-19(22-16)23-20(25-24-18)27-10-17(26)21-15-6-4-5-12(2)13(15)3/h4-9H,10H2,1-3H3,(H,21,26)(H,22,23,25). The van der Waals surface area contributed by atoms with Crippen molar-refractivity contribution < 1.29 is 4.79 Å². The molecule has 27 heavy (non-hydrogen) atoms. The van der Waals surface area contributed by atoms with Crippen molar-refractivity contribution in [3.05, 3.63) is 53.1 Å². The van der Waals surface area contributed by atoms with Crippen LogP contribution in [0.5, 0.6) is 0 Å². The molecule has 0 fully saturated rings. The average Bonchev–Trinajstić information content (AvgIpc) is 3.01. The Morgan fingerprint density at radius 2 is 2.00 bits per heavy atom. The number of nitrogens with zero attached hydrogens (tertiary/aromatic N) is 3. The van der Waals surface area contributed by atoms with E-state index >= 15 is 0 Å². The zero-order chi connectivity index (χ0) is 19.0. The zero-order valence-electron chi connectivity index (χ0n) is 15.3. The summed E-state index contributed by atoms with van der Waals surface area (Å²) in [7, 11) is 0. The van der Waals surface area contributed by atoms with Crippen LogP contribution in [0, 0.1) is 20.8 Å². The Morgan fingerprint density at radius 3 is 2.85 bits per heavy atom. The lowest BCUT2D eigenvalue weighted by molar-refractivity contribution is -0.113. The van der Waals surface area contributed by atoms with Crippen molar-refractivity contribution in [1.82, 2.24) is 20.2 Å². The summed E-state index contributed by atoms with van der Waals surface area (Å²) in [5.74, 6) is 0.129. The summed E-state index contributed by atoms with van der Waals surface area (Å²) < 4.78 is 0. The number of benzene rings is 2. The Kier molecular flexibility index (Phi) is 4.53. The van der Waals surface area contributed by atoms with Gasteiger partial charge in [0.25, 0.3) is 0 Å². The SMILES string of the molecule is Cc1ccc2[nH]c3nc(SCC(=O)Nc4cccc(C)c4C)nnc3c2c1. The van der Waals surface area contributed by atoms with Gasteiger partial charge in [-0.1, -0.05) is 35.5 Å². The van der Waals surface area contributed by atoms with Crippen molar-refractivity contribution >= 4 is 45.4 Å². The highest BCUT2D eigenvalue weighted by atomic mass is 32.2. The number of hydrogen-bond donors (Lipinski definition) is 2. The molecule has 0 aliphatic heterocycles. The number of aromatic amines is 1. The zero-order valence-corrected chi connectivity index (χ0v) is 16.1. The molecule has 0 radical (unpaired) electrons. The highest BCUT2D eigenvalue weighted by molar-refractivity contribution is 7.99. The maximum atomic E-state index is 12.3. The van der Waals surface area contributed by atoms with E-state index in [0.717, 1.165) is 38.8 Å². The number of amides is 1. The predicted molar refractivity (Wildman–Crippen MR) is 109 cm³/mol. The lowest BCUT2D eigenvalue weighted by Gasteiger charge is -2.09. The molecule has 0 spiro atoms. The number of aromatic nitrogens is 4. The molecule has 0 unspecified atom stereocenters. The second-order valence-electron chi connectivity index (χ2n) is 6.55. The number of hydrogen-bond acceptors (Lipinski definition) is 5. The van der Waals surface area contributed by atoms with Crippen molar-refractivity contribution in [2.45, 2.75) is 25.9 Å². The fourth-order valence-corrected chi connectivity index (χ4v) is 3.52. The number of carbonyl (C=O) groups excluding carboxylic acids is 1. The second kappa shape index (κ2) is 7.00. The van der Waals surface area contributed by atoms with Crippen LogP contribution in [-0.2, 0) is 4.79 Å². The van der Waals surface area contributed by atoms with E-state index in [1.54, 1.807) is 0 Å². The van der Waals surface area contributed by atoms with Gasteiger partial charge in [0.2, 0.25) is 11.1 Å². The van der Waals surface area contributed by atoms with Crippen LogP contribution in [-0.4, -0.2) is 31.8 Å². The van der Waals surface area contributed by atoms with Crippen molar-refractivity contribution in [1.29, 1.82) is 0 Å². The van der Waals surface area contributed by atoms with E-state index in [0.29, 0.717) is 10.8 Å². The fraction of sp³-hybridized carbons (Fsp3) is 0.200. The Morgan fingerprint density at radius 1 is 1.15 bits per heavy atom. The Hall–Kier alpha value is -2.93. The van der Waals surface area contributed by atoms with Gasteiger partial charge in [-0.05, 0) is 50.1 Å². The average molecular weight is 377 g/mol. The summed E-state index contributed by atoms with van der Waals surface area (Å²) in [5.41, 5.74) is 6.62. The van der Waals surface area contributed by atoms with Gasteiger partial charge in [0.05, 0.1) is 5.75 Å². The van der Waals surface area contributed by atoms with Crippen LogP contribution in [0.25, 0.3) is 22.1 Å². The monoisotopic (exact) mass is 377 g/mol. The number of H-pyrrole nitrogens is 1. The summed E-state index contributed by atoms with van der Waals surface area (Å²) in [4.78, 5) is 20.0. The lowest BCUT2D eigenvalue weighted by atomic mass is 10.1. The van der Waals surface area contributed by atoms with Crippen LogP contribution >= 0.6 is 11.8 Å². The first-order chi connectivity index (χ1) is 13.0. The number of fused-ring (bicyclic) bond motifs is 3. The van der Waals surface area contributed by atoms with Crippen molar-refractivity contribution in [2.75, 3.05) is 11.1 Å². The molecule has 6 nitrogen and oxygen atoms in total. The molecule has 2 aromatic carbocycles. The van der Waals surface area contributed by atoms with Gasteiger partial charge in [0.1, 0.15) is 5.52 Å². The van der Waals surface area contributed by atoms with E-state index in [2.05, 4.69) is 31.5 Å². The Bertz CT molecular complexity index is 1170. The second-order valence-corrected chi connectivity index (χ2v) is 7.49. The minimum atomic E-state index is -0.0929. The highest BCUT2D eigenvalue weighted by Gasteiger charge is 2.12. The molecular formula is C20H19N5OS. The van der Waals surface area contributed by atoms with Gasteiger partial charge in [-0.15, -0.1) is 10.2 Å². The molecule has 0 saturated heterocycles. The van der Waals surface area contributed by atoms with E-state index in [4.69, 9.17) is 0 Å². The van der Waals surface area contributed by atoms with Crippen LogP contribution < -0.4 is 5.32 Å². The van der Waals surface area contributed by atoms with Crippen LogP contribution in [0.3, 0.4) is 0 Å². The molecule has 4 aromatic rings. The number of rotatable bonds is 4. The predicted octanol–water partition coefficient (Wildman–Crippen LogP) is 4.16. The molecule has 2 N–H and O–H groups in total. The molecule has 4 rings (SSSR count). The highest BCUT2D eigenvalue weighted by Crippen LogP contribution is 2.25. The van der Waals surface area contributed by atoms with Crippen LogP contribution in [0.1, 0.15) is 16.7 Å². The van der Waals surface area contributed by atoms with E-state index in [1.165, 1.54) is 11.8 Å². The third-order valence-electron chi connectivity index (χ3n) is 4.56. The summed E-state index contributed by atoms with van der Waals surface area (Å²) in [5, 5.41) is 12.9. The summed E-state index contributed by atoms with van der Waals surface area (Å²) in [6.07, 6.45) is 0. The Balaban J connectivity index is 1.49. The molecule has 0 saturated carbocycles. The van der Waals surface area contributed by atoms with Gasteiger partial charge in [0, 0.05) is 16.6 Å². The molecule has 136 valence electrons. The first-order valence-corrected chi connectivity index (χ1v) is 9.61. The fourth-order valence-electron chi connectivity index (χ4n) is 2.93. The molecule has 0 aliphatic rings. The minimum absolute atomic E-state index is 0.0929. The first-order valence-electron chi connectivity index (χ1n) is 8.63. The van der Waals surface area contributed by atoms with Gasteiger partial charge < -0.3 is 10.3 Å². The van der Waals surface area contributed by atoms with Crippen LogP contribution in [0.4, 0.5) is 5.69 Å². The molecular weight excluding hydrogens is 358 g/mol. The van der Waals surface area contributed by atoms with Gasteiger partial charge in [-0.3, -0.25) is 4.79 Å². The molecule has 0 atom stereocenters. The largest absolute Gasteiger partial charge is 0.338 e. The number of aryl methyl sites for hydroxylation is 2. The number of nitrogens with one attached hydrogen (secondary N) is 2. The van der Waals surface area contributed by atoms with Gasteiger partial charge in [-0.2, -0.15) is 0 Å². The molecule has 2 aromatic heterocycles. The maximum absolute atomic E-state index is 12.3. The maximum Gasteiger partial charge on any atom is 0.234 e. The summed E-state index contributed by atoms with van der Waals surface area (Å²) in [6, 6.07) is 12.0. The third-order valence-corrected chi connectivity index (χ3v) is 5.40. The van der Waals surface area contributed by atoms with Crippen LogP contribution in [0.2, 0.25) is 0 Å². The van der Waals surface area contributed by atoms with Crippen molar-refractivity contribution in [3.63, 3.8) is 0 Å². The van der Waals surface area contributed by atoms with E-state index in [9.17, 15) is 4.79 Å². The molecule has 1 amide bonds. The van der Waals surface area contributed by atoms with E-state index in [1.807, 2.05) is 51.1 Å². The van der Waals surface area contributed by atoms with Gasteiger partial charge in [0.15, 0.2) is 5.65 Å². The molecule has 2 heterocycles. The quantitative estimate of drug-likeness (QED) is 0.522. The normalized spacial score (nSPS) is 11.2. The van der Waals surface area contributed by atoms with Crippen LogP contribution in [0.15, 0.2) is 41.6 Å². The van der Waals surface area contributed by atoms with Gasteiger partial charge >= 0.3 is 0 Å². The van der Waals surface area contributed by atoms with E-state index < -0.39 is 0 Å². The number of carbonyl (C=O) groups is 1. The Labute approximate surface area is 160 Å².